The van der Waals surface area contributed by atoms with Crippen molar-refractivity contribution in [3.05, 3.63) is 41.0 Å². The fourth-order valence-corrected chi connectivity index (χ4v) is 4.80. The molecule has 2 saturated carbocycles. The zero-order valence-corrected chi connectivity index (χ0v) is 16.2. The summed E-state index contributed by atoms with van der Waals surface area (Å²) in [6.45, 7) is 8.59. The Morgan fingerprint density at radius 2 is 1.73 bits per heavy atom. The van der Waals surface area contributed by atoms with E-state index >= 15 is 0 Å². The molecule has 0 amide bonds. The number of rotatable bonds is 7. The number of aliphatic hydroxyl groups excluding tert-OH is 2. The third-order valence-corrected chi connectivity index (χ3v) is 6.91. The third kappa shape index (κ3) is 3.15. The molecular formula is C22H31NO3. The number of hydrogen-bond donors (Lipinski definition) is 2. The van der Waals surface area contributed by atoms with Gasteiger partial charge in [-0.05, 0) is 47.0 Å². The highest BCUT2D eigenvalue weighted by Gasteiger charge is 2.63. The highest BCUT2D eigenvalue weighted by atomic mass is 16.3. The molecule has 2 aliphatic rings. The number of carbonyl (C=O) groups is 1. The van der Waals surface area contributed by atoms with Crippen LogP contribution in [-0.4, -0.2) is 47.2 Å². The Morgan fingerprint density at radius 1 is 1.12 bits per heavy atom. The zero-order chi connectivity index (χ0) is 18.9. The van der Waals surface area contributed by atoms with Gasteiger partial charge in [-0.15, -0.1) is 0 Å². The van der Waals surface area contributed by atoms with Crippen molar-refractivity contribution in [2.24, 2.45) is 16.7 Å². The summed E-state index contributed by atoms with van der Waals surface area (Å²) in [4.78, 5) is 15.0. The molecule has 0 radical (unpaired) electrons. The number of nitrogens with zero attached hydrogens (tertiary/aromatic N) is 1. The average molecular weight is 357 g/mol. The normalized spacial score (nSPS) is 28.5. The fraction of sp³-hybridized carbons (Fsp3) is 0.591. The van der Waals surface area contributed by atoms with E-state index in [0.717, 1.165) is 29.5 Å². The van der Waals surface area contributed by atoms with E-state index in [2.05, 4.69) is 51.1 Å². The van der Waals surface area contributed by atoms with Gasteiger partial charge in [0.25, 0.3) is 0 Å². The molecule has 2 atom stereocenters. The van der Waals surface area contributed by atoms with Crippen LogP contribution in [-0.2, 0) is 11.3 Å². The summed E-state index contributed by atoms with van der Waals surface area (Å²) in [7, 11) is 0. The molecule has 0 aromatic heterocycles. The monoisotopic (exact) mass is 357 g/mol. The van der Waals surface area contributed by atoms with Gasteiger partial charge in [0, 0.05) is 25.0 Å². The van der Waals surface area contributed by atoms with Gasteiger partial charge in [0.05, 0.1) is 13.2 Å². The van der Waals surface area contributed by atoms with Gasteiger partial charge in [-0.1, -0.05) is 45.0 Å². The Morgan fingerprint density at radius 3 is 2.23 bits per heavy atom. The first kappa shape index (κ1) is 19.3. The Hall–Kier alpha value is -1.49. The van der Waals surface area contributed by atoms with E-state index in [-0.39, 0.29) is 24.0 Å². The van der Waals surface area contributed by atoms with Crippen LogP contribution in [0.2, 0.25) is 0 Å². The van der Waals surface area contributed by atoms with Crippen LogP contribution in [0.25, 0.3) is 6.08 Å². The molecule has 4 heteroatoms. The maximum absolute atomic E-state index is 12.9. The van der Waals surface area contributed by atoms with Crippen LogP contribution < -0.4 is 0 Å². The second kappa shape index (κ2) is 7.26. The van der Waals surface area contributed by atoms with Gasteiger partial charge in [0.1, 0.15) is 0 Å². The lowest BCUT2D eigenvalue weighted by Crippen LogP contribution is -2.32. The third-order valence-electron chi connectivity index (χ3n) is 6.91. The topological polar surface area (TPSA) is 60.8 Å². The second-order valence-electron chi connectivity index (χ2n) is 8.54. The zero-order valence-electron chi connectivity index (χ0n) is 16.2. The van der Waals surface area contributed by atoms with Gasteiger partial charge >= 0.3 is 0 Å². The molecule has 0 heterocycles. The molecule has 1 aromatic rings. The van der Waals surface area contributed by atoms with Crippen molar-refractivity contribution >= 4 is 11.9 Å². The molecule has 2 aliphatic carbocycles. The van der Waals surface area contributed by atoms with Crippen molar-refractivity contribution in [1.29, 1.82) is 0 Å². The summed E-state index contributed by atoms with van der Waals surface area (Å²) in [5, 5.41) is 18.2. The first-order valence-corrected chi connectivity index (χ1v) is 9.63. The Bertz CT molecular complexity index is 686. The largest absolute Gasteiger partial charge is 0.395 e. The molecule has 3 rings (SSSR count). The van der Waals surface area contributed by atoms with Crippen LogP contribution in [0, 0.1) is 16.7 Å². The molecular weight excluding hydrogens is 326 g/mol. The lowest BCUT2D eigenvalue weighted by Gasteiger charge is -2.31. The number of fused-ring (bicyclic) bond motifs is 2. The van der Waals surface area contributed by atoms with Crippen molar-refractivity contribution in [3.8, 4) is 0 Å². The number of benzene rings is 1. The number of Topliss-reactive ketones (excluding diaryl/α,β-unsaturated/α-hetero) is 1. The van der Waals surface area contributed by atoms with Crippen LogP contribution in [0.15, 0.2) is 29.8 Å². The number of aliphatic hydroxyl groups is 2. The van der Waals surface area contributed by atoms with Crippen LogP contribution in [0.1, 0.15) is 44.7 Å². The molecule has 2 N–H and O–H groups in total. The lowest BCUT2D eigenvalue weighted by molar-refractivity contribution is -0.125. The molecule has 2 unspecified atom stereocenters. The number of ketones is 1. The highest BCUT2D eigenvalue weighted by Crippen LogP contribution is 2.65. The van der Waals surface area contributed by atoms with Gasteiger partial charge < -0.3 is 10.2 Å². The summed E-state index contributed by atoms with van der Waals surface area (Å²) in [6.07, 6.45) is 4.20. The molecule has 0 spiro atoms. The van der Waals surface area contributed by atoms with Gasteiger partial charge in [0.15, 0.2) is 5.78 Å². The van der Waals surface area contributed by atoms with E-state index in [9.17, 15) is 4.79 Å². The number of carbonyl (C=O) groups excluding carboxylic acids is 1. The summed E-state index contributed by atoms with van der Waals surface area (Å²) in [6, 6.07) is 8.26. The van der Waals surface area contributed by atoms with Crippen molar-refractivity contribution < 1.29 is 15.0 Å². The summed E-state index contributed by atoms with van der Waals surface area (Å²) in [5.74, 6) is 0.698. The Kier molecular flexibility index (Phi) is 5.38. The van der Waals surface area contributed by atoms with Crippen LogP contribution in [0.3, 0.4) is 0 Å². The Balaban J connectivity index is 1.76. The standard InChI is InChI=1S/C22H31NO3/c1-21(2)19-8-9-22(21,3)20(26)18(19)14-16-4-6-17(7-5-16)15-23(10-12-24)11-13-25/h4-7,14,19,24-25H,8-13,15H2,1-3H3. The van der Waals surface area contributed by atoms with Gasteiger partial charge in [-0.3, -0.25) is 9.69 Å². The number of allylic oxidation sites excluding steroid dienone is 1. The van der Waals surface area contributed by atoms with Gasteiger partial charge in [-0.2, -0.15) is 0 Å². The maximum Gasteiger partial charge on any atom is 0.165 e. The predicted molar refractivity (Wildman–Crippen MR) is 103 cm³/mol. The molecule has 0 saturated heterocycles. The summed E-state index contributed by atoms with van der Waals surface area (Å²) >= 11 is 0. The molecule has 142 valence electrons. The molecule has 4 nitrogen and oxygen atoms in total. The average Bonchev–Trinajstić information content (AvgIpc) is 2.91. The minimum Gasteiger partial charge on any atom is -0.395 e. The SMILES string of the molecule is CC12CCC(C(=Cc3ccc(CN(CCO)CCO)cc3)C1=O)C2(C)C. The van der Waals surface area contributed by atoms with E-state index in [0.29, 0.717) is 31.3 Å². The second-order valence-corrected chi connectivity index (χ2v) is 8.54. The first-order valence-electron chi connectivity index (χ1n) is 9.63. The van der Waals surface area contributed by atoms with Crippen molar-refractivity contribution in [1.82, 2.24) is 4.90 Å². The van der Waals surface area contributed by atoms with Crippen LogP contribution in [0.4, 0.5) is 0 Å². The summed E-state index contributed by atoms with van der Waals surface area (Å²) in [5.41, 5.74) is 3.04. The lowest BCUT2D eigenvalue weighted by atomic mass is 9.70. The molecule has 1 aromatic carbocycles. The quantitative estimate of drug-likeness (QED) is 0.737. The van der Waals surface area contributed by atoms with Crippen molar-refractivity contribution in [2.75, 3.05) is 26.3 Å². The fourth-order valence-electron chi connectivity index (χ4n) is 4.80. The molecule has 26 heavy (non-hydrogen) atoms. The van der Waals surface area contributed by atoms with Crippen LogP contribution >= 0.6 is 0 Å². The number of hydrogen-bond acceptors (Lipinski definition) is 4. The van der Waals surface area contributed by atoms with E-state index in [1.807, 2.05) is 4.90 Å². The van der Waals surface area contributed by atoms with E-state index in [1.165, 1.54) is 0 Å². The van der Waals surface area contributed by atoms with Crippen molar-refractivity contribution in [2.45, 2.75) is 40.2 Å². The first-order chi connectivity index (χ1) is 12.3. The van der Waals surface area contributed by atoms with E-state index < -0.39 is 0 Å². The minimum absolute atomic E-state index is 0.0466. The highest BCUT2D eigenvalue weighted by molar-refractivity contribution is 6.07. The summed E-state index contributed by atoms with van der Waals surface area (Å²) < 4.78 is 0. The molecule has 2 bridgehead atoms. The predicted octanol–water partition coefficient (Wildman–Crippen LogP) is 2.88. The van der Waals surface area contributed by atoms with Crippen molar-refractivity contribution in [3.63, 3.8) is 0 Å². The molecule has 2 fully saturated rings. The maximum atomic E-state index is 12.9. The minimum atomic E-state index is -0.210. The van der Waals surface area contributed by atoms with E-state index in [4.69, 9.17) is 10.2 Å². The van der Waals surface area contributed by atoms with Gasteiger partial charge in [-0.25, -0.2) is 0 Å². The Labute approximate surface area is 156 Å². The smallest absolute Gasteiger partial charge is 0.165 e. The van der Waals surface area contributed by atoms with Crippen LogP contribution in [0.5, 0.6) is 0 Å². The molecule has 0 aliphatic heterocycles. The van der Waals surface area contributed by atoms with Gasteiger partial charge in [0.2, 0.25) is 0 Å². The van der Waals surface area contributed by atoms with E-state index in [1.54, 1.807) is 0 Å².